The molecule has 1 amide bonds. The van der Waals surface area contributed by atoms with Gasteiger partial charge in [0.2, 0.25) is 5.95 Å². The number of nitrogens with one attached hydrogen (secondary N) is 2. The number of nitrogens with zero attached hydrogens (tertiary/aromatic N) is 3. The number of benzene rings is 2. The summed E-state index contributed by atoms with van der Waals surface area (Å²) in [6, 6.07) is 14.5. The second-order valence-electron chi connectivity index (χ2n) is 6.09. The van der Waals surface area contributed by atoms with E-state index in [0.717, 1.165) is 6.20 Å². The summed E-state index contributed by atoms with van der Waals surface area (Å²) in [6.07, 6.45) is -5.26. The zero-order valence-corrected chi connectivity index (χ0v) is 16.3. The summed E-state index contributed by atoms with van der Waals surface area (Å²) in [5.74, 6) is -1.19. The van der Waals surface area contributed by atoms with E-state index in [1.165, 1.54) is 6.07 Å². The van der Waals surface area contributed by atoms with Crippen molar-refractivity contribution in [2.24, 2.45) is 0 Å². The molecule has 0 aliphatic heterocycles. The molecular formula is C20H13ClF3N5O2. The molecule has 11 heteroatoms. The van der Waals surface area contributed by atoms with E-state index in [-0.39, 0.29) is 12.5 Å². The van der Waals surface area contributed by atoms with Gasteiger partial charge in [-0.1, -0.05) is 29.8 Å². The quantitative estimate of drug-likeness (QED) is 0.567. The number of halogens is 4. The van der Waals surface area contributed by atoms with Gasteiger partial charge in [0.15, 0.2) is 11.4 Å². The number of anilines is 2. The van der Waals surface area contributed by atoms with Crippen LogP contribution in [0.1, 0.15) is 16.8 Å². The Labute approximate surface area is 179 Å². The zero-order chi connectivity index (χ0) is 22.4. The smallest absolute Gasteiger partial charge is 0.406 e. The van der Waals surface area contributed by atoms with Gasteiger partial charge < -0.3 is 15.4 Å². The molecule has 0 aliphatic rings. The molecule has 3 rings (SSSR count). The van der Waals surface area contributed by atoms with Crippen LogP contribution in [0.2, 0.25) is 5.02 Å². The Bertz CT molecular complexity index is 1130. The molecule has 0 fully saturated rings. The van der Waals surface area contributed by atoms with Crippen LogP contribution in [-0.2, 0) is 12.7 Å². The van der Waals surface area contributed by atoms with Gasteiger partial charge in [0.1, 0.15) is 0 Å². The van der Waals surface area contributed by atoms with Crippen molar-refractivity contribution in [2.45, 2.75) is 12.7 Å². The van der Waals surface area contributed by atoms with Gasteiger partial charge in [-0.15, -0.1) is 0 Å². The maximum absolute atomic E-state index is 13.4. The summed E-state index contributed by atoms with van der Waals surface area (Å²) in [5.41, 5.74) is 0.0316. The fourth-order valence-corrected chi connectivity index (χ4v) is 2.60. The molecule has 7 nitrogen and oxygen atoms in total. The number of amides is 1. The predicted octanol–water partition coefficient (Wildman–Crippen LogP) is 5.05. The van der Waals surface area contributed by atoms with Crippen LogP contribution in [0, 0.1) is 11.3 Å². The van der Waals surface area contributed by atoms with Crippen molar-refractivity contribution in [3.63, 3.8) is 0 Å². The third-order valence-corrected chi connectivity index (χ3v) is 4.06. The van der Waals surface area contributed by atoms with Crippen LogP contribution < -0.4 is 15.4 Å². The van der Waals surface area contributed by atoms with E-state index in [2.05, 4.69) is 20.6 Å². The molecule has 0 unspecified atom stereocenters. The average molecular weight is 448 g/mol. The average Bonchev–Trinajstić information content (AvgIpc) is 2.73. The number of hydrogen-bond donors (Lipinski definition) is 2. The Morgan fingerprint density at radius 3 is 2.58 bits per heavy atom. The Hall–Kier alpha value is -3.84. The molecule has 2 N–H and O–H groups in total. The molecule has 0 aliphatic carbocycles. The van der Waals surface area contributed by atoms with Crippen LogP contribution in [-0.4, -0.2) is 16.1 Å². The fraction of sp³-hybridized carbons (Fsp3) is 0.100. The third-order valence-electron chi connectivity index (χ3n) is 3.83. The van der Waals surface area contributed by atoms with Crippen molar-refractivity contribution in [2.75, 3.05) is 5.32 Å². The molecule has 1 heterocycles. The minimum atomic E-state index is -4.89. The molecular weight excluding hydrogens is 435 g/mol. The highest BCUT2D eigenvalue weighted by Gasteiger charge is 2.38. The summed E-state index contributed by atoms with van der Waals surface area (Å²) in [7, 11) is 0. The van der Waals surface area contributed by atoms with Crippen LogP contribution in [0.25, 0.3) is 0 Å². The normalized spacial score (nSPS) is 10.8. The minimum absolute atomic E-state index is 0.0127. The number of ether oxygens (including phenoxy) is 1. The largest absolute Gasteiger partial charge is 0.437 e. The molecule has 31 heavy (non-hydrogen) atoms. The second kappa shape index (κ2) is 9.32. The molecule has 158 valence electrons. The van der Waals surface area contributed by atoms with Crippen molar-refractivity contribution in [3.05, 3.63) is 76.6 Å². The van der Waals surface area contributed by atoms with Crippen LogP contribution in [0.15, 0.2) is 54.7 Å². The highest BCUT2D eigenvalue weighted by Crippen LogP contribution is 2.35. The zero-order valence-electron chi connectivity index (χ0n) is 15.6. The van der Waals surface area contributed by atoms with Gasteiger partial charge in [-0.2, -0.15) is 18.4 Å². The second-order valence-corrected chi connectivity index (χ2v) is 6.53. The molecule has 0 atom stereocenters. The van der Waals surface area contributed by atoms with Gasteiger partial charge in [0, 0.05) is 17.3 Å². The van der Waals surface area contributed by atoms with Gasteiger partial charge in [-0.25, -0.2) is 14.8 Å². The molecule has 0 radical (unpaired) electrons. The van der Waals surface area contributed by atoms with Crippen molar-refractivity contribution >= 4 is 29.3 Å². The van der Waals surface area contributed by atoms with E-state index < -0.39 is 23.7 Å². The first kappa shape index (κ1) is 21.9. The molecule has 3 aromatic rings. The number of rotatable bonds is 5. The number of aromatic nitrogens is 2. The van der Waals surface area contributed by atoms with Gasteiger partial charge in [0.05, 0.1) is 17.8 Å². The Morgan fingerprint density at radius 1 is 1.19 bits per heavy atom. The molecule has 0 bridgehead atoms. The number of carbonyl (C=O) groups is 1. The standard InChI is InChI=1S/C20H13ClF3N5O2/c21-14-2-1-3-15(8-14)28-18-26-11-16(17(29-18)20(22,23)24)31-19(30)27-10-13-6-4-12(9-25)5-7-13/h1-8,11H,10H2,(H,27,30)(H,26,28,29). The van der Waals surface area contributed by atoms with Crippen LogP contribution >= 0.6 is 11.6 Å². The first-order valence-electron chi connectivity index (χ1n) is 8.66. The summed E-state index contributed by atoms with van der Waals surface area (Å²) in [4.78, 5) is 19.2. The number of alkyl halides is 3. The highest BCUT2D eigenvalue weighted by atomic mass is 35.5. The highest BCUT2D eigenvalue weighted by molar-refractivity contribution is 6.30. The van der Waals surface area contributed by atoms with E-state index >= 15 is 0 Å². The topological polar surface area (TPSA) is 99.9 Å². The van der Waals surface area contributed by atoms with Crippen molar-refractivity contribution in [1.29, 1.82) is 5.26 Å². The maximum Gasteiger partial charge on any atom is 0.437 e. The van der Waals surface area contributed by atoms with E-state index in [1.54, 1.807) is 42.5 Å². The van der Waals surface area contributed by atoms with E-state index in [4.69, 9.17) is 21.6 Å². The Balaban J connectivity index is 1.72. The van der Waals surface area contributed by atoms with Gasteiger partial charge in [-0.3, -0.25) is 0 Å². The van der Waals surface area contributed by atoms with E-state index in [1.807, 2.05) is 6.07 Å². The van der Waals surface area contributed by atoms with Crippen LogP contribution in [0.5, 0.6) is 5.75 Å². The number of carbonyl (C=O) groups excluding carboxylic acids is 1. The lowest BCUT2D eigenvalue weighted by Crippen LogP contribution is -2.27. The van der Waals surface area contributed by atoms with E-state index in [9.17, 15) is 18.0 Å². The fourth-order valence-electron chi connectivity index (χ4n) is 2.41. The minimum Gasteiger partial charge on any atom is -0.406 e. The third kappa shape index (κ3) is 6.07. The lowest BCUT2D eigenvalue weighted by molar-refractivity contribution is -0.142. The molecule has 1 aromatic heterocycles. The Kier molecular flexibility index (Phi) is 6.57. The summed E-state index contributed by atoms with van der Waals surface area (Å²) in [6.45, 7) is -0.0127. The van der Waals surface area contributed by atoms with Crippen molar-refractivity contribution in [3.8, 4) is 11.8 Å². The monoisotopic (exact) mass is 447 g/mol. The molecule has 0 saturated heterocycles. The van der Waals surface area contributed by atoms with E-state index in [0.29, 0.717) is 21.8 Å². The first-order valence-corrected chi connectivity index (χ1v) is 9.04. The lowest BCUT2D eigenvalue weighted by atomic mass is 10.1. The van der Waals surface area contributed by atoms with Crippen molar-refractivity contribution in [1.82, 2.24) is 15.3 Å². The lowest BCUT2D eigenvalue weighted by Gasteiger charge is -2.14. The van der Waals surface area contributed by atoms with Crippen molar-refractivity contribution < 1.29 is 22.7 Å². The first-order chi connectivity index (χ1) is 14.7. The van der Waals surface area contributed by atoms with Gasteiger partial charge in [0.25, 0.3) is 0 Å². The van der Waals surface area contributed by atoms with Crippen LogP contribution in [0.4, 0.5) is 29.6 Å². The van der Waals surface area contributed by atoms with Gasteiger partial charge in [-0.05, 0) is 35.9 Å². The summed E-state index contributed by atoms with van der Waals surface area (Å²) < 4.78 is 45.0. The number of hydrogen-bond acceptors (Lipinski definition) is 6. The van der Waals surface area contributed by atoms with Crippen LogP contribution in [0.3, 0.4) is 0 Å². The molecule has 0 spiro atoms. The molecule has 2 aromatic carbocycles. The maximum atomic E-state index is 13.4. The Morgan fingerprint density at radius 2 is 1.94 bits per heavy atom. The predicted molar refractivity (Wildman–Crippen MR) is 106 cm³/mol. The summed E-state index contributed by atoms with van der Waals surface area (Å²) in [5, 5.41) is 14.1. The van der Waals surface area contributed by atoms with Gasteiger partial charge >= 0.3 is 12.3 Å². The SMILES string of the molecule is N#Cc1ccc(CNC(=O)Oc2cnc(Nc3cccc(Cl)c3)nc2C(F)(F)F)cc1. The molecule has 0 saturated carbocycles. The summed E-state index contributed by atoms with van der Waals surface area (Å²) >= 11 is 5.85. The number of nitriles is 1.